The van der Waals surface area contributed by atoms with E-state index >= 15 is 0 Å². The Morgan fingerprint density at radius 1 is 1.26 bits per heavy atom. The molecule has 5 nitrogen and oxygen atoms in total. The Balaban J connectivity index is 1.80. The molecule has 1 saturated heterocycles. The van der Waals surface area contributed by atoms with Crippen molar-refractivity contribution in [2.75, 3.05) is 23.3 Å². The zero-order chi connectivity index (χ0) is 16.4. The molecule has 7 heteroatoms. The molecule has 120 valence electrons. The van der Waals surface area contributed by atoms with E-state index in [-0.39, 0.29) is 5.91 Å². The largest absolute Gasteiger partial charge is 0.341 e. The lowest BCUT2D eigenvalue weighted by atomic mass is 10.2. The van der Waals surface area contributed by atoms with Crippen LogP contribution in [0, 0.1) is 6.92 Å². The second-order valence-electron chi connectivity index (χ2n) is 5.44. The van der Waals surface area contributed by atoms with Gasteiger partial charge in [-0.15, -0.1) is 0 Å². The lowest BCUT2D eigenvalue weighted by Gasteiger charge is -2.16. The topological polar surface area (TPSA) is 58.1 Å². The number of anilines is 2. The van der Waals surface area contributed by atoms with Crippen LogP contribution in [0.4, 0.5) is 11.6 Å². The molecule has 1 N–H and O–H groups in total. The molecule has 1 aromatic carbocycles. The molecule has 23 heavy (non-hydrogen) atoms. The number of hydrogen-bond donors (Lipinski definition) is 1. The van der Waals surface area contributed by atoms with E-state index in [0.29, 0.717) is 32.9 Å². The fourth-order valence-corrected chi connectivity index (χ4v) is 2.87. The van der Waals surface area contributed by atoms with Crippen molar-refractivity contribution in [1.29, 1.82) is 0 Å². The molecule has 3 rings (SSSR count). The molecule has 0 unspecified atom stereocenters. The Morgan fingerprint density at radius 2 is 2.00 bits per heavy atom. The van der Waals surface area contributed by atoms with Crippen LogP contribution in [0.5, 0.6) is 0 Å². The van der Waals surface area contributed by atoms with Crippen molar-refractivity contribution in [3.8, 4) is 0 Å². The van der Waals surface area contributed by atoms with Crippen LogP contribution in [0.3, 0.4) is 0 Å². The van der Waals surface area contributed by atoms with Crippen LogP contribution in [-0.4, -0.2) is 29.0 Å². The highest BCUT2D eigenvalue weighted by molar-refractivity contribution is 6.35. The highest BCUT2D eigenvalue weighted by atomic mass is 35.5. The first-order valence-electron chi connectivity index (χ1n) is 7.39. The molecule has 0 radical (unpaired) electrons. The van der Waals surface area contributed by atoms with Gasteiger partial charge in [-0.3, -0.25) is 4.79 Å². The molecule has 2 heterocycles. The Hall–Kier alpha value is -1.85. The predicted molar refractivity (Wildman–Crippen MR) is 92.6 cm³/mol. The zero-order valence-electron chi connectivity index (χ0n) is 12.6. The van der Waals surface area contributed by atoms with Crippen LogP contribution in [0.2, 0.25) is 10.0 Å². The summed E-state index contributed by atoms with van der Waals surface area (Å²) in [6, 6.07) is 4.91. The number of amides is 1. The SMILES string of the molecule is Cc1nc(N2CCCC2)ncc1C(=O)Nc1cc(Cl)ccc1Cl. The minimum absolute atomic E-state index is 0.306. The number of nitrogens with one attached hydrogen (secondary N) is 1. The van der Waals surface area contributed by atoms with Crippen molar-refractivity contribution < 1.29 is 4.79 Å². The maximum atomic E-state index is 12.4. The molecule has 0 aliphatic carbocycles. The molecule has 1 fully saturated rings. The predicted octanol–water partition coefficient (Wildman–Crippen LogP) is 3.94. The van der Waals surface area contributed by atoms with Gasteiger partial charge in [-0.1, -0.05) is 23.2 Å². The molecule has 1 amide bonds. The van der Waals surface area contributed by atoms with E-state index < -0.39 is 0 Å². The molecule has 1 aromatic heterocycles. The number of hydrogen-bond acceptors (Lipinski definition) is 4. The quantitative estimate of drug-likeness (QED) is 0.910. The molecule has 0 atom stereocenters. The fraction of sp³-hybridized carbons (Fsp3) is 0.312. The van der Waals surface area contributed by atoms with E-state index in [1.54, 1.807) is 31.3 Å². The molecule has 1 aliphatic rings. The van der Waals surface area contributed by atoms with E-state index in [9.17, 15) is 4.79 Å². The highest BCUT2D eigenvalue weighted by Gasteiger charge is 2.18. The molecule has 0 saturated carbocycles. The molecule has 1 aliphatic heterocycles. The van der Waals surface area contributed by atoms with Crippen LogP contribution >= 0.6 is 23.2 Å². The van der Waals surface area contributed by atoms with Crippen LogP contribution in [0.15, 0.2) is 24.4 Å². The van der Waals surface area contributed by atoms with Crippen LogP contribution < -0.4 is 10.2 Å². The second kappa shape index (κ2) is 6.72. The summed E-state index contributed by atoms with van der Waals surface area (Å²) in [6.07, 6.45) is 3.86. The third-order valence-corrected chi connectivity index (χ3v) is 4.34. The average molecular weight is 351 g/mol. The Morgan fingerprint density at radius 3 is 2.70 bits per heavy atom. The van der Waals surface area contributed by atoms with Gasteiger partial charge in [-0.2, -0.15) is 0 Å². The maximum Gasteiger partial charge on any atom is 0.259 e. The van der Waals surface area contributed by atoms with E-state index in [1.807, 2.05) is 0 Å². The first-order valence-corrected chi connectivity index (χ1v) is 8.15. The Kier molecular flexibility index (Phi) is 4.68. The van der Waals surface area contributed by atoms with E-state index in [2.05, 4.69) is 20.2 Å². The van der Waals surface area contributed by atoms with Crippen LogP contribution in [0.25, 0.3) is 0 Å². The fourth-order valence-electron chi connectivity index (χ4n) is 2.53. The Labute approximate surface area is 144 Å². The van der Waals surface area contributed by atoms with Crippen molar-refractivity contribution >= 4 is 40.7 Å². The number of aromatic nitrogens is 2. The normalized spacial score (nSPS) is 14.1. The molecule has 0 spiro atoms. The van der Waals surface area contributed by atoms with E-state index in [4.69, 9.17) is 23.2 Å². The minimum Gasteiger partial charge on any atom is -0.341 e. The van der Waals surface area contributed by atoms with Gasteiger partial charge in [0.1, 0.15) is 0 Å². The van der Waals surface area contributed by atoms with Crippen molar-refractivity contribution in [2.45, 2.75) is 19.8 Å². The Bertz CT molecular complexity index is 745. The summed E-state index contributed by atoms with van der Waals surface area (Å²) in [5, 5.41) is 3.68. The standard InChI is InChI=1S/C16H16Cl2N4O/c1-10-12(9-19-16(20-10)22-6-2-3-7-22)15(23)21-14-8-11(17)4-5-13(14)18/h4-5,8-9H,2-3,6-7H2,1H3,(H,21,23). The van der Waals surface area contributed by atoms with Crippen LogP contribution in [0.1, 0.15) is 28.9 Å². The number of benzene rings is 1. The summed E-state index contributed by atoms with van der Waals surface area (Å²) in [7, 11) is 0. The van der Waals surface area contributed by atoms with Crippen molar-refractivity contribution in [2.24, 2.45) is 0 Å². The van der Waals surface area contributed by atoms with E-state index in [0.717, 1.165) is 25.9 Å². The van der Waals surface area contributed by atoms with Crippen molar-refractivity contribution in [1.82, 2.24) is 9.97 Å². The third kappa shape index (κ3) is 3.57. The summed E-state index contributed by atoms with van der Waals surface area (Å²) in [6.45, 7) is 3.72. The van der Waals surface area contributed by atoms with Gasteiger partial charge in [-0.25, -0.2) is 9.97 Å². The van der Waals surface area contributed by atoms with Crippen LogP contribution in [-0.2, 0) is 0 Å². The molecular formula is C16H16Cl2N4O. The molecule has 2 aromatic rings. The highest BCUT2D eigenvalue weighted by Crippen LogP contribution is 2.26. The second-order valence-corrected chi connectivity index (χ2v) is 6.29. The maximum absolute atomic E-state index is 12.4. The van der Waals surface area contributed by atoms with Gasteiger partial charge in [0.15, 0.2) is 0 Å². The summed E-state index contributed by atoms with van der Waals surface area (Å²) < 4.78 is 0. The van der Waals surface area contributed by atoms with Gasteiger partial charge in [0.2, 0.25) is 5.95 Å². The summed E-state index contributed by atoms with van der Waals surface area (Å²) >= 11 is 12.0. The summed E-state index contributed by atoms with van der Waals surface area (Å²) in [4.78, 5) is 23.3. The monoisotopic (exact) mass is 350 g/mol. The summed E-state index contributed by atoms with van der Waals surface area (Å²) in [5.74, 6) is 0.372. The molecular weight excluding hydrogens is 335 g/mol. The van der Waals surface area contributed by atoms with Gasteiger partial charge in [0, 0.05) is 24.3 Å². The summed E-state index contributed by atoms with van der Waals surface area (Å²) in [5.41, 5.74) is 1.52. The zero-order valence-corrected chi connectivity index (χ0v) is 14.2. The number of carbonyl (C=O) groups is 1. The lowest BCUT2D eigenvalue weighted by molar-refractivity contribution is 0.102. The van der Waals surface area contributed by atoms with E-state index in [1.165, 1.54) is 0 Å². The number of nitrogens with zero attached hydrogens (tertiary/aromatic N) is 3. The van der Waals surface area contributed by atoms with Gasteiger partial charge in [0.25, 0.3) is 5.91 Å². The van der Waals surface area contributed by atoms with Crippen molar-refractivity contribution in [3.05, 3.63) is 45.7 Å². The number of rotatable bonds is 3. The average Bonchev–Trinajstić information content (AvgIpc) is 3.05. The third-order valence-electron chi connectivity index (χ3n) is 3.78. The van der Waals surface area contributed by atoms with Crippen molar-refractivity contribution in [3.63, 3.8) is 0 Å². The smallest absolute Gasteiger partial charge is 0.259 e. The lowest BCUT2D eigenvalue weighted by Crippen LogP contribution is -2.22. The van der Waals surface area contributed by atoms with Gasteiger partial charge >= 0.3 is 0 Å². The number of carbonyl (C=O) groups excluding carboxylic acids is 1. The first-order chi connectivity index (χ1) is 11.0. The first kappa shape index (κ1) is 16.0. The number of aryl methyl sites for hydroxylation is 1. The van der Waals surface area contributed by atoms with Gasteiger partial charge < -0.3 is 10.2 Å². The number of halogens is 2. The van der Waals surface area contributed by atoms with Gasteiger partial charge in [-0.05, 0) is 38.0 Å². The minimum atomic E-state index is -0.306. The molecule has 0 bridgehead atoms. The van der Waals surface area contributed by atoms with Gasteiger partial charge in [0.05, 0.1) is 22.0 Å².